The van der Waals surface area contributed by atoms with Gasteiger partial charge in [0.25, 0.3) is 0 Å². The molecule has 204 valence electrons. The molecule has 4 aromatic rings. The van der Waals surface area contributed by atoms with E-state index in [2.05, 4.69) is 20.4 Å². The summed E-state index contributed by atoms with van der Waals surface area (Å²) in [7, 11) is 2.92. The number of anilines is 2. The van der Waals surface area contributed by atoms with E-state index in [1.807, 2.05) is 36.4 Å². The molecule has 5 rings (SSSR count). The van der Waals surface area contributed by atoms with Crippen LogP contribution in [0.25, 0.3) is 11.1 Å². The fourth-order valence-electron chi connectivity index (χ4n) is 4.40. The van der Waals surface area contributed by atoms with Crippen molar-refractivity contribution in [3.63, 3.8) is 0 Å². The monoisotopic (exact) mass is 561 g/mol. The number of para-hydroxylation sites is 1. The number of nitrogens with zero attached hydrogens (tertiary/aromatic N) is 1. The molecule has 1 aliphatic heterocycles. The van der Waals surface area contributed by atoms with Crippen molar-refractivity contribution in [3.05, 3.63) is 100 Å². The zero-order chi connectivity index (χ0) is 28.2. The van der Waals surface area contributed by atoms with E-state index >= 15 is 0 Å². The summed E-state index contributed by atoms with van der Waals surface area (Å²) in [5.74, 6) is 0.174. The summed E-state index contributed by atoms with van der Waals surface area (Å²) >= 11 is 5.88. The third-order valence-corrected chi connectivity index (χ3v) is 6.60. The van der Waals surface area contributed by atoms with Gasteiger partial charge in [0.2, 0.25) is 5.91 Å². The van der Waals surface area contributed by atoms with Gasteiger partial charge in [-0.05, 0) is 41.5 Å². The molecule has 8 nitrogen and oxygen atoms in total. The summed E-state index contributed by atoms with van der Waals surface area (Å²) in [4.78, 5) is 28.6. The van der Waals surface area contributed by atoms with E-state index in [0.29, 0.717) is 33.6 Å². The normalized spacial score (nSPS) is 13.8. The lowest BCUT2D eigenvalue weighted by Crippen LogP contribution is -2.22. The van der Waals surface area contributed by atoms with Gasteiger partial charge in [0, 0.05) is 23.2 Å². The number of aromatic nitrogens is 1. The minimum Gasteiger partial charge on any atom is -0.485 e. The van der Waals surface area contributed by atoms with Crippen LogP contribution in [0.15, 0.2) is 72.8 Å². The molecular weight excluding hydrogens is 537 g/mol. The molecule has 40 heavy (non-hydrogen) atoms. The number of fused-ring (bicyclic) bond motifs is 1. The first-order valence-electron chi connectivity index (χ1n) is 12.4. The van der Waals surface area contributed by atoms with Crippen LogP contribution in [0.4, 0.5) is 15.9 Å². The lowest BCUT2D eigenvalue weighted by molar-refractivity contribution is -0.115. The quantitative estimate of drug-likeness (QED) is 0.264. The highest BCUT2D eigenvalue weighted by Crippen LogP contribution is 2.43. The number of amides is 1. The van der Waals surface area contributed by atoms with Crippen LogP contribution >= 0.6 is 11.6 Å². The highest BCUT2D eigenvalue weighted by Gasteiger charge is 2.27. The Hall–Kier alpha value is -4.63. The van der Waals surface area contributed by atoms with Crippen molar-refractivity contribution in [3.8, 4) is 22.6 Å². The maximum Gasteiger partial charge on any atom is 0.356 e. The van der Waals surface area contributed by atoms with Crippen molar-refractivity contribution >= 4 is 35.0 Å². The number of carbonyl (C=O) groups is 2. The van der Waals surface area contributed by atoms with Gasteiger partial charge in [-0.15, -0.1) is 0 Å². The Bertz CT molecular complexity index is 1580. The summed E-state index contributed by atoms with van der Waals surface area (Å²) in [6.07, 6.45) is -0.473. The number of benzene rings is 3. The minimum atomic E-state index is -0.601. The van der Waals surface area contributed by atoms with Crippen molar-refractivity contribution in [2.24, 2.45) is 0 Å². The molecule has 0 saturated heterocycles. The topological polar surface area (TPSA) is 98.8 Å². The number of rotatable bonds is 7. The number of methoxy groups -OCH3 is 1. The third-order valence-electron chi connectivity index (χ3n) is 6.37. The molecule has 0 radical (unpaired) electrons. The van der Waals surface area contributed by atoms with Gasteiger partial charge in [0.1, 0.15) is 12.4 Å². The number of halogens is 2. The molecule has 1 aromatic heterocycles. The zero-order valence-electron chi connectivity index (χ0n) is 21.7. The maximum atomic E-state index is 14.4. The fourth-order valence-corrected chi connectivity index (χ4v) is 4.56. The van der Waals surface area contributed by atoms with Crippen LogP contribution in [0.1, 0.15) is 27.7 Å². The van der Waals surface area contributed by atoms with E-state index in [0.717, 1.165) is 16.7 Å². The van der Waals surface area contributed by atoms with E-state index in [-0.39, 0.29) is 24.6 Å². The number of hydrogen-bond acceptors (Lipinski definition) is 7. The van der Waals surface area contributed by atoms with Crippen molar-refractivity contribution in [1.29, 1.82) is 0 Å². The number of nitrogens with one attached hydrogen (secondary N) is 2. The Balaban J connectivity index is 1.28. The largest absolute Gasteiger partial charge is 0.485 e. The van der Waals surface area contributed by atoms with Crippen LogP contribution in [0.2, 0.25) is 5.02 Å². The molecule has 2 heterocycles. The molecule has 1 atom stereocenters. The zero-order valence-corrected chi connectivity index (χ0v) is 22.4. The molecule has 1 aliphatic rings. The van der Waals surface area contributed by atoms with Crippen molar-refractivity contribution in [1.82, 2.24) is 4.98 Å². The molecule has 10 heteroatoms. The number of esters is 1. The highest BCUT2D eigenvalue weighted by molar-refractivity contribution is 6.30. The van der Waals surface area contributed by atoms with Crippen LogP contribution in [0.3, 0.4) is 0 Å². The molecule has 0 spiro atoms. The third kappa shape index (κ3) is 5.69. The second-order valence-electron chi connectivity index (χ2n) is 8.97. The van der Waals surface area contributed by atoms with Gasteiger partial charge in [-0.25, -0.2) is 14.2 Å². The van der Waals surface area contributed by atoms with Gasteiger partial charge in [-0.1, -0.05) is 54.1 Å². The second-order valence-corrected chi connectivity index (χ2v) is 9.41. The van der Waals surface area contributed by atoms with Gasteiger partial charge in [-0.3, -0.25) is 4.79 Å². The Labute approximate surface area is 235 Å². The molecule has 0 bridgehead atoms. The molecule has 0 aliphatic carbocycles. The molecule has 3 aromatic carbocycles. The van der Waals surface area contributed by atoms with Crippen LogP contribution in [0.5, 0.6) is 11.5 Å². The number of hydrogen-bond donors (Lipinski definition) is 2. The molecule has 1 unspecified atom stereocenters. The Morgan fingerprint density at radius 2 is 1.90 bits per heavy atom. The summed E-state index contributed by atoms with van der Waals surface area (Å²) in [5.41, 5.74) is 3.44. The molecule has 1 amide bonds. The number of carbonyl (C=O) groups excluding carboxylic acids is 2. The fraction of sp³-hybridized carbons (Fsp3) is 0.167. The predicted octanol–water partition coefficient (Wildman–Crippen LogP) is 6.06. The van der Waals surface area contributed by atoms with E-state index in [1.54, 1.807) is 31.3 Å². The van der Waals surface area contributed by atoms with E-state index in [1.165, 1.54) is 19.2 Å². The first kappa shape index (κ1) is 27.0. The van der Waals surface area contributed by atoms with E-state index in [4.69, 9.17) is 21.1 Å². The Kier molecular flexibility index (Phi) is 7.84. The second kappa shape index (κ2) is 11.6. The summed E-state index contributed by atoms with van der Waals surface area (Å²) in [5, 5.41) is 6.01. The van der Waals surface area contributed by atoms with Crippen LogP contribution in [-0.4, -0.2) is 37.6 Å². The Morgan fingerprint density at radius 3 is 2.62 bits per heavy atom. The summed E-state index contributed by atoms with van der Waals surface area (Å²) in [6.45, 7) is 0.144. The molecule has 2 N–H and O–H groups in total. The van der Waals surface area contributed by atoms with Crippen LogP contribution in [-0.2, 0) is 16.0 Å². The first-order valence-corrected chi connectivity index (χ1v) is 12.8. The SMILES string of the molecule is CNc1nc(C(=O)OC)ccc1NC(=O)Cc1ccc(-c2cccc3c2OCC(c2ccc(Cl)cc2F)O3)cc1. The van der Waals surface area contributed by atoms with Crippen molar-refractivity contribution in [2.75, 3.05) is 31.4 Å². The minimum absolute atomic E-state index is 0.128. The van der Waals surface area contributed by atoms with Gasteiger partial charge in [0.05, 0.1) is 19.2 Å². The Morgan fingerprint density at radius 1 is 1.10 bits per heavy atom. The predicted molar refractivity (Wildman–Crippen MR) is 150 cm³/mol. The average Bonchev–Trinajstić information content (AvgIpc) is 2.96. The maximum absolute atomic E-state index is 14.4. The van der Waals surface area contributed by atoms with Gasteiger partial charge >= 0.3 is 5.97 Å². The lowest BCUT2D eigenvalue weighted by atomic mass is 10.0. The van der Waals surface area contributed by atoms with Crippen molar-refractivity contribution < 1.29 is 28.2 Å². The smallest absolute Gasteiger partial charge is 0.356 e. The standard InChI is InChI=1S/C30H25ClFN3O5/c1-33-29-23(12-13-24(35-29)30(37)38-2)34-27(36)14-17-6-8-18(9-7-17)20-4-3-5-25-28(20)39-16-26(40-25)21-11-10-19(31)15-22(21)32/h3-13,15,26H,14,16H2,1-2H3,(H,33,35)(H,34,36). The molecular formula is C30H25ClFN3O5. The average molecular weight is 562 g/mol. The van der Waals surface area contributed by atoms with Crippen LogP contribution in [0, 0.1) is 5.82 Å². The van der Waals surface area contributed by atoms with E-state index < -0.39 is 17.9 Å². The van der Waals surface area contributed by atoms with Gasteiger partial charge in [-0.2, -0.15) is 0 Å². The molecule has 0 fully saturated rings. The first-order chi connectivity index (χ1) is 19.4. The summed E-state index contributed by atoms with van der Waals surface area (Å²) < 4.78 is 31.2. The number of pyridine rings is 1. The van der Waals surface area contributed by atoms with Crippen molar-refractivity contribution in [2.45, 2.75) is 12.5 Å². The number of ether oxygens (including phenoxy) is 3. The van der Waals surface area contributed by atoms with E-state index in [9.17, 15) is 14.0 Å². The van der Waals surface area contributed by atoms with Crippen LogP contribution < -0.4 is 20.1 Å². The lowest BCUT2D eigenvalue weighted by Gasteiger charge is -2.28. The summed E-state index contributed by atoms with van der Waals surface area (Å²) in [6, 6.07) is 20.6. The van der Waals surface area contributed by atoms with Gasteiger partial charge < -0.3 is 24.8 Å². The molecule has 0 saturated carbocycles. The van der Waals surface area contributed by atoms with Gasteiger partial charge in [0.15, 0.2) is 29.1 Å². The highest BCUT2D eigenvalue weighted by atomic mass is 35.5.